The number of phosphoric ester groups is 1. The molecule has 1 amide bonds. The smallest absolute Gasteiger partial charge is 0.472 e. The second-order valence-corrected chi connectivity index (χ2v) is 12.6. The highest BCUT2D eigenvalue weighted by molar-refractivity contribution is 7.47. The summed E-state index contributed by atoms with van der Waals surface area (Å²) in [6.45, 7) is 9.58. The first-order chi connectivity index (χ1) is 21.4. The lowest BCUT2D eigenvalue weighted by molar-refractivity contribution is -0.115. The van der Waals surface area contributed by atoms with Crippen LogP contribution in [0.25, 0.3) is 10.9 Å². The van der Waals surface area contributed by atoms with Crippen LogP contribution in [0.3, 0.4) is 0 Å². The minimum absolute atomic E-state index is 0.0252. The summed E-state index contributed by atoms with van der Waals surface area (Å²) in [7, 11) is -4.11. The monoisotopic (exact) mass is 643 g/mol. The number of nitrogens with zero attached hydrogens (tertiary/aromatic N) is 4. The summed E-state index contributed by atoms with van der Waals surface area (Å²) >= 11 is 0. The van der Waals surface area contributed by atoms with Gasteiger partial charge in [-0.05, 0) is 64.1 Å². The lowest BCUT2D eigenvalue weighted by Crippen LogP contribution is -2.29. The molecule has 13 nitrogen and oxygen atoms in total. The van der Waals surface area contributed by atoms with Gasteiger partial charge in [-0.1, -0.05) is 13.0 Å². The molecular weight excluding hydrogens is 604 g/mol. The van der Waals surface area contributed by atoms with Gasteiger partial charge in [0, 0.05) is 42.0 Å². The number of aromatic nitrogens is 4. The molecule has 0 bridgehead atoms. The molecule has 242 valence electrons. The zero-order valence-electron chi connectivity index (χ0n) is 25.7. The van der Waals surface area contributed by atoms with Crippen molar-refractivity contribution in [3.63, 3.8) is 0 Å². The van der Waals surface area contributed by atoms with Gasteiger partial charge in [0.2, 0.25) is 5.91 Å². The number of carbonyl (C=O) groups is 1. The van der Waals surface area contributed by atoms with E-state index in [1.807, 2.05) is 25.1 Å². The number of anilines is 3. The molecule has 0 saturated heterocycles. The second kappa shape index (κ2) is 15.4. The molecule has 2 heterocycles. The van der Waals surface area contributed by atoms with Crippen LogP contribution < -0.4 is 15.4 Å². The average Bonchev–Trinajstić information content (AvgIpc) is 3.39. The molecule has 4 N–H and O–H groups in total. The highest BCUT2D eigenvalue weighted by Crippen LogP contribution is 2.46. The SMILES string of the molecule is CCN(CCCOc1ccc2c(Nc3cc(CC(=O)Nc4cccc(F)c4)[nH]n3)ncnc2c1)CCOP(=O)(O)OC(C)(C)C. The number of halogens is 1. The number of nitrogens with one attached hydrogen (secondary N) is 3. The number of hydrogen-bond donors (Lipinski definition) is 4. The van der Waals surface area contributed by atoms with Crippen molar-refractivity contribution in [2.24, 2.45) is 0 Å². The van der Waals surface area contributed by atoms with E-state index in [4.69, 9.17) is 13.8 Å². The Kier molecular flexibility index (Phi) is 11.6. The molecule has 0 aliphatic heterocycles. The van der Waals surface area contributed by atoms with Gasteiger partial charge in [0.05, 0.1) is 30.8 Å². The number of amides is 1. The summed E-state index contributed by atoms with van der Waals surface area (Å²) in [6.07, 6.45) is 2.20. The van der Waals surface area contributed by atoms with Gasteiger partial charge in [0.25, 0.3) is 0 Å². The maximum absolute atomic E-state index is 13.4. The Hall–Kier alpha value is -3.94. The van der Waals surface area contributed by atoms with Gasteiger partial charge in [0.15, 0.2) is 5.82 Å². The maximum Gasteiger partial charge on any atom is 0.472 e. The standard InChI is InChI=1S/C30H39FN7O6P/c1-5-38(13-15-43-45(40,41)44-30(2,3)4)12-7-14-42-24-10-11-25-26(19-24)32-20-33-29(25)35-27-17-23(36-37-27)18-28(39)34-22-9-6-8-21(31)16-22/h6,8-11,16-17,19-20H,5,7,12-15,18H2,1-4H3,(H,34,39)(H,40,41)(H2,32,33,35,36,37). The lowest BCUT2D eigenvalue weighted by atomic mass is 10.2. The number of phosphoric acid groups is 1. The van der Waals surface area contributed by atoms with Crippen LogP contribution in [-0.2, 0) is 24.8 Å². The third-order valence-corrected chi connectivity index (χ3v) is 7.62. The van der Waals surface area contributed by atoms with Crippen molar-refractivity contribution in [3.05, 3.63) is 66.4 Å². The number of aromatic amines is 1. The normalized spacial score (nSPS) is 13.1. The predicted molar refractivity (Wildman–Crippen MR) is 169 cm³/mol. The summed E-state index contributed by atoms with van der Waals surface area (Å²) in [4.78, 5) is 33.0. The van der Waals surface area contributed by atoms with Crippen LogP contribution in [0.1, 0.15) is 39.8 Å². The Morgan fingerprint density at radius 2 is 1.93 bits per heavy atom. The predicted octanol–water partition coefficient (Wildman–Crippen LogP) is 5.44. The van der Waals surface area contributed by atoms with Crippen molar-refractivity contribution in [2.45, 2.75) is 46.1 Å². The van der Waals surface area contributed by atoms with Crippen molar-refractivity contribution in [3.8, 4) is 5.75 Å². The Labute approximate surface area is 261 Å². The van der Waals surface area contributed by atoms with Gasteiger partial charge >= 0.3 is 7.82 Å². The summed E-state index contributed by atoms with van der Waals surface area (Å²) in [5.41, 5.74) is 0.838. The van der Waals surface area contributed by atoms with Crippen LogP contribution in [-0.4, -0.2) is 74.3 Å². The second-order valence-electron chi connectivity index (χ2n) is 11.2. The fraction of sp³-hybridized carbons (Fsp3) is 0.400. The number of carbonyl (C=O) groups excluding carboxylic acids is 1. The quantitative estimate of drug-likeness (QED) is 0.0908. The zero-order chi connectivity index (χ0) is 32.5. The molecule has 45 heavy (non-hydrogen) atoms. The number of benzene rings is 2. The van der Waals surface area contributed by atoms with Crippen LogP contribution in [0.5, 0.6) is 5.75 Å². The van der Waals surface area contributed by atoms with E-state index in [0.717, 1.165) is 24.9 Å². The summed E-state index contributed by atoms with van der Waals surface area (Å²) in [5, 5.41) is 13.6. The van der Waals surface area contributed by atoms with Crippen molar-refractivity contribution in [1.82, 2.24) is 25.1 Å². The third-order valence-electron chi connectivity index (χ3n) is 6.33. The molecule has 0 saturated carbocycles. The van der Waals surface area contributed by atoms with E-state index >= 15 is 0 Å². The number of H-pyrrole nitrogens is 1. The fourth-order valence-electron chi connectivity index (χ4n) is 4.37. The topological polar surface area (TPSA) is 164 Å². The van der Waals surface area contributed by atoms with Crippen LogP contribution >= 0.6 is 7.82 Å². The molecule has 1 atom stereocenters. The average molecular weight is 644 g/mol. The van der Waals surface area contributed by atoms with Crippen LogP contribution in [0.15, 0.2) is 54.9 Å². The van der Waals surface area contributed by atoms with Crippen molar-refractivity contribution >= 4 is 42.0 Å². The number of likely N-dealkylation sites (N-methyl/N-ethyl adjacent to an activating group) is 1. The van der Waals surface area contributed by atoms with Gasteiger partial charge in [-0.2, -0.15) is 5.10 Å². The highest BCUT2D eigenvalue weighted by atomic mass is 31.2. The molecule has 0 aliphatic rings. The molecule has 0 spiro atoms. The summed E-state index contributed by atoms with van der Waals surface area (Å²) < 4.78 is 41.6. The fourth-order valence-corrected chi connectivity index (χ4v) is 5.43. The molecule has 0 radical (unpaired) electrons. The van der Waals surface area contributed by atoms with E-state index in [9.17, 15) is 18.6 Å². The minimum Gasteiger partial charge on any atom is -0.493 e. The Morgan fingerprint density at radius 1 is 1.11 bits per heavy atom. The number of ether oxygens (including phenoxy) is 1. The van der Waals surface area contributed by atoms with E-state index in [1.165, 1.54) is 24.5 Å². The molecule has 0 fully saturated rings. The molecular formula is C30H39FN7O6P. The molecule has 4 rings (SSSR count). The number of hydrogen-bond acceptors (Lipinski definition) is 10. The van der Waals surface area contributed by atoms with Crippen molar-refractivity contribution in [1.29, 1.82) is 0 Å². The first-order valence-corrected chi connectivity index (χ1v) is 16.0. The van der Waals surface area contributed by atoms with E-state index in [0.29, 0.717) is 47.4 Å². The molecule has 2 aromatic heterocycles. The van der Waals surface area contributed by atoms with E-state index in [1.54, 1.807) is 32.9 Å². The molecule has 2 aromatic carbocycles. The van der Waals surface area contributed by atoms with Crippen molar-refractivity contribution < 1.29 is 32.4 Å². The first-order valence-electron chi connectivity index (χ1n) is 14.5. The van der Waals surface area contributed by atoms with Gasteiger partial charge < -0.3 is 25.2 Å². The van der Waals surface area contributed by atoms with E-state index in [-0.39, 0.29) is 18.9 Å². The van der Waals surface area contributed by atoms with Crippen LogP contribution in [0.4, 0.5) is 21.7 Å². The Bertz CT molecular complexity index is 1630. The van der Waals surface area contributed by atoms with Gasteiger partial charge in [0.1, 0.15) is 23.7 Å². The van der Waals surface area contributed by atoms with Crippen LogP contribution in [0.2, 0.25) is 0 Å². The molecule has 0 aliphatic carbocycles. The Balaban J connectivity index is 1.24. The molecule has 1 unspecified atom stereocenters. The van der Waals surface area contributed by atoms with Gasteiger partial charge in [-0.3, -0.25) is 18.9 Å². The number of rotatable bonds is 16. The first kappa shape index (κ1) is 33.9. The minimum atomic E-state index is -4.11. The molecule has 15 heteroatoms. The highest BCUT2D eigenvalue weighted by Gasteiger charge is 2.28. The van der Waals surface area contributed by atoms with Gasteiger partial charge in [-0.15, -0.1) is 0 Å². The molecule has 4 aromatic rings. The van der Waals surface area contributed by atoms with E-state index < -0.39 is 19.2 Å². The summed E-state index contributed by atoms with van der Waals surface area (Å²) in [5.74, 6) is 0.922. The largest absolute Gasteiger partial charge is 0.493 e. The maximum atomic E-state index is 13.4. The van der Waals surface area contributed by atoms with Crippen molar-refractivity contribution in [2.75, 3.05) is 43.5 Å². The van der Waals surface area contributed by atoms with Gasteiger partial charge in [-0.25, -0.2) is 18.9 Å². The number of fused-ring (bicyclic) bond motifs is 1. The summed E-state index contributed by atoms with van der Waals surface area (Å²) in [6, 6.07) is 12.9. The lowest BCUT2D eigenvalue weighted by Gasteiger charge is -2.24. The zero-order valence-corrected chi connectivity index (χ0v) is 26.6. The third kappa shape index (κ3) is 11.2. The van der Waals surface area contributed by atoms with Crippen LogP contribution in [0, 0.1) is 5.82 Å². The Morgan fingerprint density at radius 3 is 2.69 bits per heavy atom. The van der Waals surface area contributed by atoms with E-state index in [2.05, 4.69) is 35.7 Å².